The van der Waals surface area contributed by atoms with E-state index < -0.39 is 0 Å². The first-order valence-electron chi connectivity index (χ1n) is 10.8. The summed E-state index contributed by atoms with van der Waals surface area (Å²) >= 11 is 0. The smallest absolute Gasteiger partial charge is 0.415 e. The van der Waals surface area contributed by atoms with Crippen LogP contribution in [0.5, 0.6) is 11.5 Å². The summed E-state index contributed by atoms with van der Waals surface area (Å²) in [7, 11) is 1.54. The van der Waals surface area contributed by atoms with E-state index in [2.05, 4.69) is 36.6 Å². The van der Waals surface area contributed by atoms with Gasteiger partial charge in [-0.1, -0.05) is 32.1 Å². The number of benzene rings is 1. The first-order chi connectivity index (χ1) is 14.5. The molecule has 0 radical (unpaired) electrons. The lowest BCUT2D eigenvalue weighted by atomic mass is 10.1. The number of carbonyl (C=O) groups excluding carboxylic acids is 2. The summed E-state index contributed by atoms with van der Waals surface area (Å²) in [6, 6.07) is 5.33. The SMILES string of the molecule is COc1cc(CNC(=O)CCCCC=CC(C)C)ccc1OC(=O)N1CCNCC1. The Labute approximate surface area is 179 Å². The Hall–Kier alpha value is -2.54. The Kier molecular flexibility index (Phi) is 10.2. The fraction of sp³-hybridized carbons (Fsp3) is 0.565. The lowest BCUT2D eigenvalue weighted by molar-refractivity contribution is -0.121. The summed E-state index contributed by atoms with van der Waals surface area (Å²) in [5, 5.41) is 6.14. The van der Waals surface area contributed by atoms with Crippen LogP contribution in [0.15, 0.2) is 30.4 Å². The summed E-state index contributed by atoms with van der Waals surface area (Å²) in [5.74, 6) is 1.46. The molecule has 1 saturated heterocycles. The average molecular weight is 418 g/mol. The molecule has 2 rings (SSSR count). The van der Waals surface area contributed by atoms with Crippen LogP contribution in [0.3, 0.4) is 0 Å². The Morgan fingerprint density at radius 3 is 2.67 bits per heavy atom. The molecule has 1 aromatic rings. The van der Waals surface area contributed by atoms with Crippen LogP contribution in [0, 0.1) is 5.92 Å². The highest BCUT2D eigenvalue weighted by molar-refractivity contribution is 5.76. The molecule has 0 aromatic heterocycles. The Morgan fingerprint density at radius 1 is 1.20 bits per heavy atom. The quantitative estimate of drug-likeness (QED) is 0.450. The summed E-state index contributed by atoms with van der Waals surface area (Å²) in [4.78, 5) is 26.0. The van der Waals surface area contributed by atoms with E-state index >= 15 is 0 Å². The van der Waals surface area contributed by atoms with Gasteiger partial charge in [-0.15, -0.1) is 0 Å². The van der Waals surface area contributed by atoms with Crippen LogP contribution in [0.1, 0.15) is 45.1 Å². The number of unbranched alkanes of at least 4 members (excludes halogenated alkanes) is 2. The molecule has 0 aliphatic carbocycles. The minimum atomic E-state index is -0.376. The molecule has 1 fully saturated rings. The number of methoxy groups -OCH3 is 1. The van der Waals surface area contributed by atoms with Gasteiger partial charge in [-0.05, 0) is 42.9 Å². The molecule has 0 bridgehead atoms. The van der Waals surface area contributed by atoms with Gasteiger partial charge in [-0.3, -0.25) is 4.79 Å². The van der Waals surface area contributed by atoms with Crippen molar-refractivity contribution in [1.29, 1.82) is 0 Å². The summed E-state index contributed by atoms with van der Waals surface area (Å²) in [5.41, 5.74) is 0.891. The van der Waals surface area contributed by atoms with E-state index in [0.29, 0.717) is 43.5 Å². The fourth-order valence-corrected chi connectivity index (χ4v) is 3.12. The molecule has 7 nitrogen and oxygen atoms in total. The zero-order valence-corrected chi connectivity index (χ0v) is 18.4. The van der Waals surface area contributed by atoms with Gasteiger partial charge < -0.3 is 25.0 Å². The second-order valence-electron chi connectivity index (χ2n) is 7.78. The van der Waals surface area contributed by atoms with Crippen LogP contribution >= 0.6 is 0 Å². The van der Waals surface area contributed by atoms with Gasteiger partial charge in [0.05, 0.1) is 7.11 Å². The molecule has 2 N–H and O–H groups in total. The third kappa shape index (κ3) is 8.45. The minimum Gasteiger partial charge on any atom is -0.493 e. The van der Waals surface area contributed by atoms with Gasteiger partial charge in [0, 0.05) is 39.1 Å². The van der Waals surface area contributed by atoms with Crippen molar-refractivity contribution in [1.82, 2.24) is 15.5 Å². The number of carbonyl (C=O) groups is 2. The van der Waals surface area contributed by atoms with Gasteiger partial charge in [-0.25, -0.2) is 4.79 Å². The number of amides is 2. The highest BCUT2D eigenvalue weighted by Crippen LogP contribution is 2.28. The predicted molar refractivity (Wildman–Crippen MR) is 118 cm³/mol. The number of nitrogens with zero attached hydrogens (tertiary/aromatic N) is 1. The van der Waals surface area contributed by atoms with E-state index in [9.17, 15) is 9.59 Å². The minimum absolute atomic E-state index is 0.0380. The maximum absolute atomic E-state index is 12.3. The van der Waals surface area contributed by atoms with E-state index in [1.165, 1.54) is 7.11 Å². The molecular weight excluding hydrogens is 382 g/mol. The highest BCUT2D eigenvalue weighted by atomic mass is 16.6. The van der Waals surface area contributed by atoms with Crippen molar-refractivity contribution in [2.24, 2.45) is 5.92 Å². The molecule has 166 valence electrons. The van der Waals surface area contributed by atoms with Crippen molar-refractivity contribution in [2.75, 3.05) is 33.3 Å². The second kappa shape index (κ2) is 12.9. The van der Waals surface area contributed by atoms with E-state index in [1.54, 1.807) is 17.0 Å². The summed E-state index contributed by atoms with van der Waals surface area (Å²) < 4.78 is 10.9. The van der Waals surface area contributed by atoms with Gasteiger partial charge in [0.25, 0.3) is 0 Å². The molecule has 2 amide bonds. The maximum atomic E-state index is 12.3. The van der Waals surface area contributed by atoms with Crippen molar-refractivity contribution in [3.05, 3.63) is 35.9 Å². The Morgan fingerprint density at radius 2 is 1.97 bits per heavy atom. The molecule has 1 heterocycles. The van der Waals surface area contributed by atoms with Crippen LogP contribution in [0.25, 0.3) is 0 Å². The van der Waals surface area contributed by atoms with Gasteiger partial charge >= 0.3 is 6.09 Å². The van der Waals surface area contributed by atoms with E-state index in [0.717, 1.165) is 37.9 Å². The maximum Gasteiger partial charge on any atom is 0.415 e. The average Bonchev–Trinajstić information content (AvgIpc) is 2.75. The zero-order valence-electron chi connectivity index (χ0n) is 18.4. The van der Waals surface area contributed by atoms with Gasteiger partial charge in [0.2, 0.25) is 5.91 Å². The van der Waals surface area contributed by atoms with E-state index in [1.807, 2.05) is 6.07 Å². The molecule has 0 unspecified atom stereocenters. The lowest BCUT2D eigenvalue weighted by Gasteiger charge is -2.26. The molecule has 7 heteroatoms. The number of ether oxygens (including phenoxy) is 2. The van der Waals surface area contributed by atoms with Gasteiger partial charge in [-0.2, -0.15) is 0 Å². The molecule has 1 aliphatic rings. The van der Waals surface area contributed by atoms with Crippen molar-refractivity contribution in [3.63, 3.8) is 0 Å². The van der Waals surface area contributed by atoms with Crippen LogP contribution in [0.4, 0.5) is 4.79 Å². The third-order valence-corrected chi connectivity index (χ3v) is 4.84. The standard InChI is InChI=1S/C23H35N3O4/c1-18(2)8-6-4-5-7-9-22(27)25-17-19-10-11-20(21(16-19)29-3)30-23(28)26-14-12-24-13-15-26/h6,8,10-11,16,18,24H,4-5,7,9,12-15,17H2,1-3H3,(H,25,27). The van der Waals surface area contributed by atoms with Gasteiger partial charge in [0.1, 0.15) is 0 Å². The van der Waals surface area contributed by atoms with Crippen LogP contribution in [-0.2, 0) is 11.3 Å². The molecule has 1 aliphatic heterocycles. The van der Waals surface area contributed by atoms with Crippen LogP contribution < -0.4 is 20.1 Å². The normalized spacial score (nSPS) is 14.2. The van der Waals surface area contributed by atoms with Crippen molar-refractivity contribution in [2.45, 2.75) is 46.1 Å². The predicted octanol–water partition coefficient (Wildman–Crippen LogP) is 3.49. The van der Waals surface area contributed by atoms with Crippen LogP contribution in [-0.4, -0.2) is 50.2 Å². The first-order valence-corrected chi connectivity index (χ1v) is 10.8. The first kappa shape index (κ1) is 23.7. The fourth-order valence-electron chi connectivity index (χ4n) is 3.12. The Bertz CT molecular complexity index is 712. The number of piperazine rings is 1. The second-order valence-corrected chi connectivity index (χ2v) is 7.78. The van der Waals surface area contributed by atoms with E-state index in [-0.39, 0.29) is 12.0 Å². The third-order valence-electron chi connectivity index (χ3n) is 4.84. The largest absolute Gasteiger partial charge is 0.493 e. The number of rotatable bonds is 10. The zero-order chi connectivity index (χ0) is 21.8. The number of allylic oxidation sites excluding steroid dienone is 2. The molecule has 0 spiro atoms. The number of hydrogen-bond acceptors (Lipinski definition) is 5. The molecule has 1 aromatic carbocycles. The number of nitrogens with one attached hydrogen (secondary N) is 2. The monoisotopic (exact) mass is 417 g/mol. The Balaban J connectivity index is 1.77. The highest BCUT2D eigenvalue weighted by Gasteiger charge is 2.19. The van der Waals surface area contributed by atoms with Crippen LogP contribution in [0.2, 0.25) is 0 Å². The molecular formula is C23H35N3O4. The summed E-state index contributed by atoms with van der Waals surface area (Å²) in [6.07, 6.45) is 7.42. The molecule has 0 atom stereocenters. The lowest BCUT2D eigenvalue weighted by Crippen LogP contribution is -2.47. The van der Waals surface area contributed by atoms with E-state index in [4.69, 9.17) is 9.47 Å². The van der Waals surface area contributed by atoms with Gasteiger partial charge in [0.15, 0.2) is 11.5 Å². The topological polar surface area (TPSA) is 79.9 Å². The number of hydrogen-bond donors (Lipinski definition) is 2. The van der Waals surface area contributed by atoms with Crippen molar-refractivity contribution >= 4 is 12.0 Å². The van der Waals surface area contributed by atoms with Crippen molar-refractivity contribution < 1.29 is 19.1 Å². The molecule has 0 saturated carbocycles. The molecule has 30 heavy (non-hydrogen) atoms. The summed E-state index contributed by atoms with van der Waals surface area (Å²) in [6.45, 7) is 7.50. The van der Waals surface area contributed by atoms with Crippen molar-refractivity contribution in [3.8, 4) is 11.5 Å².